The van der Waals surface area contributed by atoms with Gasteiger partial charge in [0.25, 0.3) is 0 Å². The summed E-state index contributed by atoms with van der Waals surface area (Å²) in [6.45, 7) is 4.65. The Labute approximate surface area is 114 Å². The zero-order valence-electron chi connectivity index (χ0n) is 11.6. The zero-order chi connectivity index (χ0) is 14.0. The number of benzene rings is 1. The van der Waals surface area contributed by atoms with Crippen molar-refractivity contribution in [3.05, 3.63) is 29.8 Å². The molecule has 1 aromatic carbocycles. The number of aliphatic carboxylic acids is 1. The van der Waals surface area contributed by atoms with Crippen LogP contribution >= 0.6 is 0 Å². The van der Waals surface area contributed by atoms with Crippen molar-refractivity contribution in [2.45, 2.75) is 44.7 Å². The van der Waals surface area contributed by atoms with E-state index in [0.717, 1.165) is 19.4 Å². The van der Waals surface area contributed by atoms with Crippen LogP contribution < -0.4 is 10.6 Å². The van der Waals surface area contributed by atoms with Crippen LogP contribution in [0.15, 0.2) is 24.3 Å². The van der Waals surface area contributed by atoms with E-state index in [9.17, 15) is 4.79 Å². The Morgan fingerprint density at radius 3 is 2.89 bits per heavy atom. The first-order chi connectivity index (χ1) is 8.92. The molecule has 0 radical (unpaired) electrons. The minimum Gasteiger partial charge on any atom is -0.480 e. The lowest BCUT2D eigenvalue weighted by atomic mass is 9.97. The van der Waals surface area contributed by atoms with E-state index in [0.29, 0.717) is 12.5 Å². The molecule has 0 saturated carbocycles. The van der Waals surface area contributed by atoms with Crippen LogP contribution in [0.3, 0.4) is 0 Å². The topological polar surface area (TPSA) is 66.6 Å². The molecule has 3 N–H and O–H groups in total. The molecule has 19 heavy (non-hydrogen) atoms. The fourth-order valence-electron chi connectivity index (χ4n) is 2.69. The van der Waals surface area contributed by atoms with Gasteiger partial charge >= 0.3 is 5.97 Å². The smallest absolute Gasteiger partial charge is 0.323 e. The number of hydrogen-bond acceptors (Lipinski definition) is 3. The number of carboxylic acids is 1. The second-order valence-electron chi connectivity index (χ2n) is 5.70. The number of rotatable bonds is 5. The zero-order valence-corrected chi connectivity index (χ0v) is 11.6. The molecule has 2 unspecified atom stereocenters. The molecular formula is C15H22N2O2. The number of nitrogens with zero attached hydrogens (tertiary/aromatic N) is 1. The van der Waals surface area contributed by atoms with E-state index in [4.69, 9.17) is 10.8 Å². The maximum Gasteiger partial charge on any atom is 0.323 e. The number of anilines is 1. The number of carbonyl (C=O) groups is 1. The monoisotopic (exact) mass is 262 g/mol. The molecule has 0 aromatic heterocycles. The summed E-state index contributed by atoms with van der Waals surface area (Å²) < 4.78 is 0. The SMILES string of the molecule is CC1Cc2ccccc2N1CCCC(C)(N)C(=O)O. The summed E-state index contributed by atoms with van der Waals surface area (Å²) in [5.74, 6) is -0.928. The number of nitrogens with two attached hydrogens (primary N) is 1. The third-order valence-corrected chi connectivity index (χ3v) is 3.93. The van der Waals surface area contributed by atoms with Crippen LogP contribution in [0.1, 0.15) is 32.3 Å². The van der Waals surface area contributed by atoms with Gasteiger partial charge in [-0.3, -0.25) is 4.79 Å². The summed E-state index contributed by atoms with van der Waals surface area (Å²) in [4.78, 5) is 13.3. The third-order valence-electron chi connectivity index (χ3n) is 3.93. The van der Waals surface area contributed by atoms with E-state index in [1.54, 1.807) is 6.92 Å². The van der Waals surface area contributed by atoms with Crippen LogP contribution in [0.5, 0.6) is 0 Å². The number of hydrogen-bond donors (Lipinski definition) is 2. The van der Waals surface area contributed by atoms with Gasteiger partial charge in [0, 0.05) is 18.3 Å². The Morgan fingerprint density at radius 2 is 2.21 bits per heavy atom. The molecule has 0 bridgehead atoms. The fraction of sp³-hybridized carbons (Fsp3) is 0.533. The van der Waals surface area contributed by atoms with Crippen LogP contribution in [0, 0.1) is 0 Å². The standard InChI is InChI=1S/C15H22N2O2/c1-11-10-12-6-3-4-7-13(12)17(11)9-5-8-15(2,16)14(18)19/h3-4,6-7,11H,5,8-10,16H2,1-2H3,(H,18,19). The molecule has 2 rings (SSSR count). The quantitative estimate of drug-likeness (QED) is 0.852. The molecule has 104 valence electrons. The van der Waals surface area contributed by atoms with Crippen molar-refractivity contribution in [1.82, 2.24) is 0 Å². The third kappa shape index (κ3) is 2.89. The van der Waals surface area contributed by atoms with Crippen molar-refractivity contribution >= 4 is 11.7 Å². The van der Waals surface area contributed by atoms with Crippen LogP contribution in [0.4, 0.5) is 5.69 Å². The predicted molar refractivity (Wildman–Crippen MR) is 76.4 cm³/mol. The predicted octanol–water partition coefficient (Wildman–Crippen LogP) is 2.02. The maximum atomic E-state index is 11.0. The van der Waals surface area contributed by atoms with Gasteiger partial charge in [-0.15, -0.1) is 0 Å². The Morgan fingerprint density at radius 1 is 1.53 bits per heavy atom. The lowest BCUT2D eigenvalue weighted by Crippen LogP contribution is -2.45. The van der Waals surface area contributed by atoms with Gasteiger partial charge in [-0.1, -0.05) is 18.2 Å². The van der Waals surface area contributed by atoms with E-state index < -0.39 is 11.5 Å². The summed E-state index contributed by atoms with van der Waals surface area (Å²) in [6.07, 6.45) is 2.35. The van der Waals surface area contributed by atoms with Gasteiger partial charge in [0.05, 0.1) is 0 Å². The average Bonchev–Trinajstić information content (AvgIpc) is 2.65. The normalized spacial score (nSPS) is 21.0. The first-order valence-corrected chi connectivity index (χ1v) is 6.78. The lowest BCUT2D eigenvalue weighted by Gasteiger charge is -2.27. The number of fused-ring (bicyclic) bond motifs is 1. The molecular weight excluding hydrogens is 240 g/mol. The molecule has 0 spiro atoms. The van der Waals surface area contributed by atoms with Gasteiger partial charge in [0.2, 0.25) is 0 Å². The summed E-state index contributed by atoms with van der Waals surface area (Å²) >= 11 is 0. The first kappa shape index (κ1) is 13.9. The maximum absolute atomic E-state index is 11.0. The molecule has 1 aromatic rings. The number of para-hydroxylation sites is 1. The van der Waals surface area contributed by atoms with Crippen LogP contribution in [0.25, 0.3) is 0 Å². The minimum atomic E-state index is -1.12. The minimum absolute atomic E-state index is 0.478. The van der Waals surface area contributed by atoms with E-state index in [1.807, 2.05) is 6.07 Å². The van der Waals surface area contributed by atoms with Crippen LogP contribution in [0.2, 0.25) is 0 Å². The molecule has 0 saturated heterocycles. The molecule has 0 aliphatic carbocycles. The van der Waals surface area contributed by atoms with Crippen LogP contribution in [-0.2, 0) is 11.2 Å². The Hall–Kier alpha value is -1.55. The van der Waals surface area contributed by atoms with E-state index >= 15 is 0 Å². The summed E-state index contributed by atoms with van der Waals surface area (Å²) in [7, 11) is 0. The molecule has 1 aliphatic rings. The van der Waals surface area contributed by atoms with Crippen molar-refractivity contribution in [2.75, 3.05) is 11.4 Å². The number of carboxylic acid groups (broad SMARTS) is 1. The highest BCUT2D eigenvalue weighted by Crippen LogP contribution is 2.32. The highest BCUT2D eigenvalue weighted by molar-refractivity contribution is 5.77. The second kappa shape index (κ2) is 5.21. The average molecular weight is 262 g/mol. The largest absolute Gasteiger partial charge is 0.480 e. The van der Waals surface area contributed by atoms with Crippen molar-refractivity contribution in [3.63, 3.8) is 0 Å². The second-order valence-corrected chi connectivity index (χ2v) is 5.70. The lowest BCUT2D eigenvalue weighted by molar-refractivity contribution is -0.142. The van der Waals surface area contributed by atoms with E-state index in [1.165, 1.54) is 11.3 Å². The molecule has 4 heteroatoms. The molecule has 1 heterocycles. The van der Waals surface area contributed by atoms with Gasteiger partial charge in [-0.25, -0.2) is 0 Å². The molecule has 0 fully saturated rings. The first-order valence-electron chi connectivity index (χ1n) is 6.78. The van der Waals surface area contributed by atoms with Gasteiger partial charge in [-0.2, -0.15) is 0 Å². The highest BCUT2D eigenvalue weighted by atomic mass is 16.4. The van der Waals surface area contributed by atoms with Gasteiger partial charge in [0.1, 0.15) is 5.54 Å². The Kier molecular flexibility index (Phi) is 3.80. The summed E-state index contributed by atoms with van der Waals surface area (Å²) in [5.41, 5.74) is 7.29. The molecule has 0 amide bonds. The van der Waals surface area contributed by atoms with Gasteiger partial charge < -0.3 is 15.7 Å². The fourth-order valence-corrected chi connectivity index (χ4v) is 2.69. The van der Waals surface area contributed by atoms with Crippen molar-refractivity contribution in [2.24, 2.45) is 5.73 Å². The van der Waals surface area contributed by atoms with Gasteiger partial charge in [-0.05, 0) is 44.7 Å². The van der Waals surface area contributed by atoms with E-state index in [-0.39, 0.29) is 0 Å². The van der Waals surface area contributed by atoms with Gasteiger partial charge in [0.15, 0.2) is 0 Å². The van der Waals surface area contributed by atoms with E-state index in [2.05, 4.69) is 30.0 Å². The summed E-state index contributed by atoms with van der Waals surface area (Å²) in [6, 6.07) is 8.89. The highest BCUT2D eigenvalue weighted by Gasteiger charge is 2.29. The Balaban J connectivity index is 1.96. The Bertz CT molecular complexity index is 471. The molecule has 1 aliphatic heterocycles. The van der Waals surface area contributed by atoms with Crippen molar-refractivity contribution in [3.8, 4) is 0 Å². The van der Waals surface area contributed by atoms with Crippen LogP contribution in [-0.4, -0.2) is 29.2 Å². The van der Waals surface area contributed by atoms with Crippen molar-refractivity contribution in [1.29, 1.82) is 0 Å². The molecule has 2 atom stereocenters. The summed E-state index contributed by atoms with van der Waals surface area (Å²) in [5, 5.41) is 9.00. The molecule has 4 nitrogen and oxygen atoms in total. The van der Waals surface area contributed by atoms with Crippen molar-refractivity contribution < 1.29 is 9.90 Å².